The first kappa shape index (κ1) is 29.4. The van der Waals surface area contributed by atoms with Gasteiger partial charge in [0.1, 0.15) is 0 Å². The fourth-order valence-electron chi connectivity index (χ4n) is 5.18. The number of aromatic nitrogens is 2. The molecule has 0 spiro atoms. The Morgan fingerprint density at radius 2 is 2.02 bits per heavy atom. The number of H-pyrrole nitrogens is 1. The van der Waals surface area contributed by atoms with Gasteiger partial charge in [-0.2, -0.15) is 5.10 Å². The molecule has 40 heavy (non-hydrogen) atoms. The van der Waals surface area contributed by atoms with E-state index in [1.54, 1.807) is 26.3 Å². The molecule has 1 aliphatic heterocycles. The number of fused-ring (bicyclic) bond motifs is 2. The van der Waals surface area contributed by atoms with Gasteiger partial charge < -0.3 is 24.8 Å². The lowest BCUT2D eigenvalue weighted by Gasteiger charge is -2.32. The van der Waals surface area contributed by atoms with Gasteiger partial charge in [-0.1, -0.05) is 18.9 Å². The molecule has 2 bridgehead atoms. The maximum Gasteiger partial charge on any atom is 0.314 e. The van der Waals surface area contributed by atoms with E-state index in [2.05, 4.69) is 25.7 Å². The molecular weight excluding hydrogens is 514 g/mol. The minimum atomic E-state index is -0.909. The van der Waals surface area contributed by atoms with Crippen LogP contribution in [0.25, 0.3) is 0 Å². The van der Waals surface area contributed by atoms with Crippen molar-refractivity contribution in [2.24, 2.45) is 11.3 Å². The van der Waals surface area contributed by atoms with Crippen molar-refractivity contribution in [1.29, 1.82) is 0 Å². The molecule has 1 unspecified atom stereocenters. The molecular formula is C29H41N5O6. The van der Waals surface area contributed by atoms with E-state index in [-0.39, 0.29) is 37.5 Å². The van der Waals surface area contributed by atoms with E-state index in [1.807, 2.05) is 18.2 Å². The minimum Gasteiger partial charge on any atom is -0.493 e. The zero-order valence-electron chi connectivity index (χ0n) is 23.5. The second kappa shape index (κ2) is 14.2. The topological polar surface area (TPSA) is 135 Å². The molecule has 2 aromatic rings. The number of nitrogens with one attached hydrogen (secondary N) is 3. The van der Waals surface area contributed by atoms with Gasteiger partial charge in [0.05, 0.1) is 19.1 Å². The Kier molecular flexibility index (Phi) is 10.4. The largest absolute Gasteiger partial charge is 0.493 e. The number of ether oxygens (including phenoxy) is 3. The molecule has 3 N–H and O–H groups in total. The average Bonchev–Trinajstić information content (AvgIpc) is 3.60. The summed E-state index contributed by atoms with van der Waals surface area (Å²) in [5, 5.41) is 12.9. The molecule has 1 aliphatic carbocycles. The van der Waals surface area contributed by atoms with E-state index >= 15 is 0 Å². The predicted molar refractivity (Wildman–Crippen MR) is 148 cm³/mol. The Labute approximate surface area is 235 Å². The third-order valence-corrected chi connectivity index (χ3v) is 7.42. The molecule has 2 aliphatic rings. The van der Waals surface area contributed by atoms with Gasteiger partial charge in [0, 0.05) is 44.5 Å². The molecule has 11 nitrogen and oxygen atoms in total. The number of carbonyl (C=O) groups excluding carboxylic acids is 3. The third kappa shape index (κ3) is 8.45. The summed E-state index contributed by atoms with van der Waals surface area (Å²) in [6.07, 6.45) is 5.79. The molecule has 1 fully saturated rings. The monoisotopic (exact) mass is 555 g/mol. The van der Waals surface area contributed by atoms with Crippen LogP contribution in [0.4, 0.5) is 0 Å². The van der Waals surface area contributed by atoms with E-state index in [9.17, 15) is 14.4 Å². The van der Waals surface area contributed by atoms with Crippen LogP contribution in [-0.4, -0.2) is 79.4 Å². The van der Waals surface area contributed by atoms with Crippen molar-refractivity contribution < 1.29 is 28.6 Å². The van der Waals surface area contributed by atoms with Crippen LogP contribution in [-0.2, 0) is 32.1 Å². The molecule has 218 valence electrons. The molecule has 0 saturated heterocycles. The lowest BCUT2D eigenvalue weighted by Crippen LogP contribution is -2.46. The Morgan fingerprint density at radius 1 is 1.18 bits per heavy atom. The smallest absolute Gasteiger partial charge is 0.314 e. The molecule has 1 atom stereocenters. The first-order valence-electron chi connectivity index (χ1n) is 14.1. The third-order valence-electron chi connectivity index (χ3n) is 7.42. The van der Waals surface area contributed by atoms with Crippen LogP contribution in [0.2, 0.25) is 0 Å². The predicted octanol–water partition coefficient (Wildman–Crippen LogP) is 2.22. The second-order valence-electron chi connectivity index (χ2n) is 10.7. The molecule has 2 heterocycles. The lowest BCUT2D eigenvalue weighted by molar-refractivity contribution is -0.156. The van der Waals surface area contributed by atoms with Gasteiger partial charge in [0.25, 0.3) is 5.91 Å². The average molecular weight is 556 g/mol. The van der Waals surface area contributed by atoms with E-state index < -0.39 is 5.41 Å². The summed E-state index contributed by atoms with van der Waals surface area (Å²) in [6, 6.07) is 7.38. The van der Waals surface area contributed by atoms with Crippen LogP contribution >= 0.6 is 0 Å². The molecule has 0 radical (unpaired) electrons. The molecule has 1 aromatic carbocycles. The standard InChI is InChI=1S/C29H41N5O6/c1-3-39-28(37)29(16-21-6-7-21)17-22-8-9-24(38-2)25(15-22)40-19-27(36)30-12-14-34(18-23-10-11-32-33-23)13-4-5-26(35)31-20-29/h8-11,15,21H,3-7,12-14,16-20H2,1-2H3,(H,30,36)(H,31,35)(H,32,33). The number of amides is 2. The quantitative estimate of drug-likeness (QED) is 0.443. The van der Waals surface area contributed by atoms with Crippen LogP contribution in [0.15, 0.2) is 30.5 Å². The summed E-state index contributed by atoms with van der Waals surface area (Å²) in [6.45, 7) is 4.39. The Morgan fingerprint density at radius 3 is 2.75 bits per heavy atom. The number of rotatable bonds is 7. The SMILES string of the molecule is CCOC(=O)C1(CC2CC2)CNC(=O)CCCN(Cc2ccn[nH]2)CCNC(=O)COc2cc(ccc2OC)C1. The highest BCUT2D eigenvalue weighted by atomic mass is 16.5. The number of hydrogen-bond donors (Lipinski definition) is 3. The Balaban J connectivity index is 1.58. The highest BCUT2D eigenvalue weighted by Crippen LogP contribution is 2.43. The maximum absolute atomic E-state index is 13.5. The van der Waals surface area contributed by atoms with Gasteiger partial charge in [-0.15, -0.1) is 0 Å². The summed E-state index contributed by atoms with van der Waals surface area (Å²) >= 11 is 0. The number of carbonyl (C=O) groups is 3. The van der Waals surface area contributed by atoms with Crippen LogP contribution < -0.4 is 20.1 Å². The molecule has 4 rings (SSSR count). The fourth-order valence-corrected chi connectivity index (χ4v) is 5.18. The van der Waals surface area contributed by atoms with E-state index in [4.69, 9.17) is 14.2 Å². The van der Waals surface area contributed by atoms with Gasteiger partial charge in [-0.05, 0) is 62.4 Å². The van der Waals surface area contributed by atoms with Gasteiger partial charge in [-0.25, -0.2) is 0 Å². The maximum atomic E-state index is 13.5. The highest BCUT2D eigenvalue weighted by molar-refractivity contribution is 5.80. The van der Waals surface area contributed by atoms with Crippen LogP contribution in [0.5, 0.6) is 11.5 Å². The van der Waals surface area contributed by atoms with Crippen molar-refractivity contribution in [3.8, 4) is 11.5 Å². The van der Waals surface area contributed by atoms with Crippen molar-refractivity contribution >= 4 is 17.8 Å². The van der Waals surface area contributed by atoms with Crippen molar-refractivity contribution in [1.82, 2.24) is 25.7 Å². The molecule has 1 saturated carbocycles. The van der Waals surface area contributed by atoms with Crippen molar-refractivity contribution in [2.45, 2.75) is 52.0 Å². The summed E-state index contributed by atoms with van der Waals surface area (Å²) in [5.41, 5.74) is 0.885. The normalized spacial score (nSPS) is 21.8. The van der Waals surface area contributed by atoms with Gasteiger partial charge in [0.15, 0.2) is 18.1 Å². The van der Waals surface area contributed by atoms with E-state index in [0.29, 0.717) is 69.3 Å². The van der Waals surface area contributed by atoms with E-state index in [0.717, 1.165) is 24.1 Å². The van der Waals surface area contributed by atoms with Crippen molar-refractivity contribution in [3.05, 3.63) is 41.7 Å². The number of nitrogens with zero attached hydrogens (tertiary/aromatic N) is 2. The fraction of sp³-hybridized carbons (Fsp3) is 0.586. The number of esters is 1. The van der Waals surface area contributed by atoms with Crippen molar-refractivity contribution in [2.75, 3.05) is 46.5 Å². The number of methoxy groups -OCH3 is 1. The highest BCUT2D eigenvalue weighted by Gasteiger charge is 2.44. The van der Waals surface area contributed by atoms with E-state index in [1.165, 1.54) is 0 Å². The second-order valence-corrected chi connectivity index (χ2v) is 10.7. The summed E-state index contributed by atoms with van der Waals surface area (Å²) in [7, 11) is 1.54. The van der Waals surface area contributed by atoms with Gasteiger partial charge in [-0.3, -0.25) is 24.4 Å². The first-order chi connectivity index (χ1) is 19.4. The Hall–Kier alpha value is -3.60. The number of aromatic amines is 1. The number of hydrogen-bond acceptors (Lipinski definition) is 8. The molecule has 1 aromatic heterocycles. The molecule has 2 amide bonds. The number of benzene rings is 1. The van der Waals surface area contributed by atoms with Crippen LogP contribution in [0, 0.1) is 11.3 Å². The Bertz CT molecular complexity index is 1140. The van der Waals surface area contributed by atoms with Crippen molar-refractivity contribution in [3.63, 3.8) is 0 Å². The zero-order chi connectivity index (χ0) is 28.4. The van der Waals surface area contributed by atoms with Gasteiger partial charge >= 0.3 is 5.97 Å². The zero-order valence-corrected chi connectivity index (χ0v) is 23.5. The first-order valence-corrected chi connectivity index (χ1v) is 14.1. The van der Waals surface area contributed by atoms with Crippen LogP contribution in [0.3, 0.4) is 0 Å². The summed E-state index contributed by atoms with van der Waals surface area (Å²) < 4.78 is 16.9. The summed E-state index contributed by atoms with van der Waals surface area (Å²) in [5.74, 6) is 0.690. The summed E-state index contributed by atoms with van der Waals surface area (Å²) in [4.78, 5) is 41.2. The molecule has 11 heteroatoms. The minimum absolute atomic E-state index is 0.0980. The van der Waals surface area contributed by atoms with Crippen LogP contribution in [0.1, 0.15) is 50.3 Å². The van der Waals surface area contributed by atoms with Gasteiger partial charge in [0.2, 0.25) is 5.91 Å². The lowest BCUT2D eigenvalue weighted by atomic mass is 9.76.